The molecule has 8 heteroatoms. The van der Waals surface area contributed by atoms with E-state index in [4.69, 9.17) is 10.7 Å². The van der Waals surface area contributed by atoms with Crippen LogP contribution in [0.3, 0.4) is 0 Å². The maximum absolute atomic E-state index is 13.7. The molecule has 4 nitrogen and oxygen atoms in total. The zero-order chi connectivity index (χ0) is 15.8. The highest BCUT2D eigenvalue weighted by Gasteiger charge is 2.20. The van der Waals surface area contributed by atoms with Crippen LogP contribution in [0.15, 0.2) is 29.4 Å². The van der Waals surface area contributed by atoms with E-state index in [-0.39, 0.29) is 23.1 Å². The van der Waals surface area contributed by atoms with E-state index >= 15 is 0 Å². The lowest BCUT2D eigenvalue weighted by Gasteiger charge is -2.10. The molecule has 0 amide bonds. The van der Waals surface area contributed by atoms with E-state index in [2.05, 4.69) is 4.98 Å². The molecule has 114 valence electrons. The third kappa shape index (κ3) is 3.59. The van der Waals surface area contributed by atoms with E-state index in [0.29, 0.717) is 5.82 Å². The molecule has 1 heterocycles. The van der Waals surface area contributed by atoms with Crippen LogP contribution in [-0.2, 0) is 15.6 Å². The van der Waals surface area contributed by atoms with Gasteiger partial charge in [0.05, 0.1) is 6.54 Å². The summed E-state index contributed by atoms with van der Waals surface area (Å²) < 4.78 is 51.0. The molecule has 0 aliphatic carbocycles. The maximum atomic E-state index is 13.7. The topological polar surface area (TPSA) is 52.0 Å². The Kier molecular flexibility index (Phi) is 4.34. The number of rotatable bonds is 4. The Hall–Kier alpha value is -1.47. The number of imidazole rings is 1. The van der Waals surface area contributed by atoms with Crippen molar-refractivity contribution in [2.75, 3.05) is 0 Å². The third-order valence-electron chi connectivity index (χ3n) is 2.90. The normalized spacial score (nSPS) is 12.1. The van der Waals surface area contributed by atoms with Gasteiger partial charge in [0.2, 0.25) is 0 Å². The monoisotopic (exact) mass is 334 g/mol. The Morgan fingerprint density at radius 3 is 2.57 bits per heavy atom. The summed E-state index contributed by atoms with van der Waals surface area (Å²) in [5.41, 5.74) is 0.104. The van der Waals surface area contributed by atoms with Crippen LogP contribution in [0.5, 0.6) is 0 Å². The average Bonchev–Trinajstić information content (AvgIpc) is 2.78. The van der Waals surface area contributed by atoms with E-state index in [9.17, 15) is 17.2 Å². The van der Waals surface area contributed by atoms with Crippen molar-refractivity contribution in [3.05, 3.63) is 47.4 Å². The number of nitrogens with zero attached hydrogens (tertiary/aromatic N) is 2. The molecule has 2 aromatic rings. The lowest BCUT2D eigenvalue weighted by molar-refractivity contribution is 0.569. The van der Waals surface area contributed by atoms with Gasteiger partial charge in [0.15, 0.2) is 5.03 Å². The fourth-order valence-electron chi connectivity index (χ4n) is 1.96. The van der Waals surface area contributed by atoms with Crippen molar-refractivity contribution in [3.8, 4) is 0 Å². The Morgan fingerprint density at radius 1 is 1.33 bits per heavy atom. The van der Waals surface area contributed by atoms with Gasteiger partial charge in [-0.15, -0.1) is 0 Å². The van der Waals surface area contributed by atoms with E-state index in [1.807, 2.05) is 13.8 Å². The molecule has 1 aromatic heterocycles. The van der Waals surface area contributed by atoms with Gasteiger partial charge in [-0.2, -0.15) is 0 Å². The molecule has 0 N–H and O–H groups in total. The summed E-state index contributed by atoms with van der Waals surface area (Å²) in [7, 11) is 1.29. The zero-order valence-corrected chi connectivity index (χ0v) is 12.9. The number of hydrogen-bond donors (Lipinski definition) is 0. The summed E-state index contributed by atoms with van der Waals surface area (Å²) in [5.74, 6) is -0.815. The summed E-state index contributed by atoms with van der Waals surface area (Å²) in [6.07, 6.45) is 1.22. The molecule has 0 aliphatic rings. The summed E-state index contributed by atoms with van der Waals surface area (Å²) in [6, 6.07) is 3.11. The predicted octanol–water partition coefficient (Wildman–Crippen LogP) is 3.26. The number of benzene rings is 1. The Labute approximate surface area is 125 Å². The molecule has 0 saturated heterocycles. The first-order valence-corrected chi connectivity index (χ1v) is 8.45. The van der Waals surface area contributed by atoms with E-state index in [1.54, 1.807) is 0 Å². The van der Waals surface area contributed by atoms with Crippen molar-refractivity contribution in [3.63, 3.8) is 0 Å². The molecule has 0 unspecified atom stereocenters. The Bertz CT molecular complexity index is 772. The van der Waals surface area contributed by atoms with E-state index in [0.717, 1.165) is 18.2 Å². The Balaban J connectivity index is 2.48. The molecule has 1 aromatic carbocycles. The minimum atomic E-state index is -3.98. The van der Waals surface area contributed by atoms with Crippen LogP contribution in [0.1, 0.15) is 31.2 Å². The van der Waals surface area contributed by atoms with Gasteiger partial charge in [0.25, 0.3) is 9.05 Å². The molecule has 0 aliphatic heterocycles. The van der Waals surface area contributed by atoms with Crippen LogP contribution in [0.4, 0.5) is 8.78 Å². The van der Waals surface area contributed by atoms with Crippen molar-refractivity contribution in [1.29, 1.82) is 0 Å². The SMILES string of the molecule is CC(C)c1nc(S(=O)(=O)Cl)cn1Cc1cc(F)ccc1F. The van der Waals surface area contributed by atoms with Crippen LogP contribution in [0, 0.1) is 11.6 Å². The maximum Gasteiger partial charge on any atom is 0.280 e. The van der Waals surface area contributed by atoms with Gasteiger partial charge < -0.3 is 4.57 Å². The standard InChI is InChI=1S/C13H13ClF2N2O2S/c1-8(2)13-17-12(21(14,19)20)7-18(13)6-9-5-10(15)3-4-11(9)16/h3-5,7-8H,6H2,1-2H3. The second-order valence-corrected chi connectivity index (χ2v) is 7.41. The lowest BCUT2D eigenvalue weighted by atomic mass is 10.1. The number of hydrogen-bond acceptors (Lipinski definition) is 3. The van der Waals surface area contributed by atoms with Gasteiger partial charge >= 0.3 is 0 Å². The van der Waals surface area contributed by atoms with Crippen LogP contribution in [0.25, 0.3) is 0 Å². The van der Waals surface area contributed by atoms with Crippen molar-refractivity contribution < 1.29 is 17.2 Å². The van der Waals surface area contributed by atoms with Crippen molar-refractivity contribution in [2.45, 2.75) is 31.3 Å². The van der Waals surface area contributed by atoms with E-state index in [1.165, 1.54) is 10.8 Å². The largest absolute Gasteiger partial charge is 0.329 e. The lowest BCUT2D eigenvalue weighted by Crippen LogP contribution is -2.07. The molecular formula is C13H13ClF2N2O2S. The van der Waals surface area contributed by atoms with Crippen LogP contribution < -0.4 is 0 Å². The van der Waals surface area contributed by atoms with Gasteiger partial charge in [-0.1, -0.05) is 13.8 Å². The van der Waals surface area contributed by atoms with Crippen LogP contribution in [0.2, 0.25) is 0 Å². The minimum absolute atomic E-state index is 0.0312. The fraction of sp³-hybridized carbons (Fsp3) is 0.308. The van der Waals surface area contributed by atoms with Crippen molar-refractivity contribution in [1.82, 2.24) is 9.55 Å². The second kappa shape index (κ2) is 5.73. The van der Waals surface area contributed by atoms with E-state index < -0.39 is 20.7 Å². The molecule has 0 saturated carbocycles. The van der Waals surface area contributed by atoms with Crippen LogP contribution in [-0.4, -0.2) is 18.0 Å². The van der Waals surface area contributed by atoms with Gasteiger partial charge in [-0.3, -0.25) is 0 Å². The van der Waals surface area contributed by atoms with Crippen molar-refractivity contribution in [2.24, 2.45) is 0 Å². The summed E-state index contributed by atoms with van der Waals surface area (Å²) >= 11 is 0. The smallest absolute Gasteiger partial charge is 0.280 e. The molecular weight excluding hydrogens is 322 g/mol. The number of halogens is 3. The van der Waals surface area contributed by atoms with Crippen molar-refractivity contribution >= 4 is 19.7 Å². The predicted molar refractivity (Wildman–Crippen MR) is 74.8 cm³/mol. The zero-order valence-electron chi connectivity index (χ0n) is 11.3. The fourth-order valence-corrected chi connectivity index (χ4v) is 2.64. The highest BCUT2D eigenvalue weighted by Crippen LogP contribution is 2.22. The molecule has 21 heavy (non-hydrogen) atoms. The van der Waals surface area contributed by atoms with Gasteiger partial charge in [-0.05, 0) is 18.2 Å². The average molecular weight is 335 g/mol. The number of aromatic nitrogens is 2. The molecule has 0 fully saturated rings. The quantitative estimate of drug-likeness (QED) is 0.806. The highest BCUT2D eigenvalue weighted by atomic mass is 35.7. The van der Waals surface area contributed by atoms with Crippen LogP contribution >= 0.6 is 10.7 Å². The molecule has 0 spiro atoms. The molecule has 0 atom stereocenters. The minimum Gasteiger partial charge on any atom is -0.329 e. The van der Waals surface area contributed by atoms with Gasteiger partial charge in [0.1, 0.15) is 17.5 Å². The summed E-state index contributed by atoms with van der Waals surface area (Å²) in [6.45, 7) is 3.59. The first kappa shape index (κ1) is 15.9. The van der Waals surface area contributed by atoms with Gasteiger partial charge in [0, 0.05) is 28.4 Å². The molecule has 0 radical (unpaired) electrons. The summed E-state index contributed by atoms with van der Waals surface area (Å²) in [4.78, 5) is 3.96. The first-order valence-electron chi connectivity index (χ1n) is 6.14. The first-order chi connectivity index (χ1) is 9.68. The Morgan fingerprint density at radius 2 is 2.00 bits per heavy atom. The second-order valence-electron chi connectivity index (χ2n) is 4.89. The highest BCUT2D eigenvalue weighted by molar-refractivity contribution is 8.13. The molecule has 0 bridgehead atoms. The molecule has 2 rings (SSSR count). The van der Waals surface area contributed by atoms with Gasteiger partial charge in [-0.25, -0.2) is 22.2 Å². The summed E-state index contributed by atoms with van der Waals surface area (Å²) in [5, 5.41) is -0.301. The third-order valence-corrected chi connectivity index (χ3v) is 4.07.